The van der Waals surface area contributed by atoms with Crippen LogP contribution in [0.25, 0.3) is 0 Å². The van der Waals surface area contributed by atoms with E-state index >= 15 is 0 Å². The summed E-state index contributed by atoms with van der Waals surface area (Å²) in [6.45, 7) is 0. The molecule has 1 heterocycles. The van der Waals surface area contributed by atoms with Crippen LogP contribution in [-0.2, 0) is 0 Å². The number of benzene rings is 1. The molecule has 0 saturated heterocycles. The standard InChI is InChI=1S/C11H4BrCl3OS/c12-7-3-1-2-5(9(7)14)10(16)6-4-8(13)17-11(6)15/h1-4H. The Bertz CT molecular complexity index is 594. The molecule has 0 amide bonds. The molecular weight excluding hydrogens is 366 g/mol. The van der Waals surface area contributed by atoms with Gasteiger partial charge in [-0.1, -0.05) is 40.9 Å². The average molecular weight is 370 g/mol. The lowest BCUT2D eigenvalue weighted by Crippen LogP contribution is -2.01. The van der Waals surface area contributed by atoms with E-state index in [1.165, 1.54) is 0 Å². The molecule has 0 radical (unpaired) electrons. The van der Waals surface area contributed by atoms with Crippen LogP contribution in [0.4, 0.5) is 0 Å². The van der Waals surface area contributed by atoms with Gasteiger partial charge in [0.25, 0.3) is 0 Å². The average Bonchev–Trinajstić information content (AvgIpc) is 2.61. The second-order valence-electron chi connectivity index (χ2n) is 3.17. The molecule has 2 rings (SSSR count). The fourth-order valence-corrected chi connectivity index (χ4v) is 3.36. The molecule has 0 unspecified atom stereocenters. The Morgan fingerprint density at radius 3 is 2.47 bits per heavy atom. The highest BCUT2D eigenvalue weighted by atomic mass is 79.9. The van der Waals surface area contributed by atoms with Gasteiger partial charge in [0.2, 0.25) is 0 Å². The Labute approximate surface area is 125 Å². The molecule has 2 aromatic rings. The zero-order valence-electron chi connectivity index (χ0n) is 8.14. The molecule has 17 heavy (non-hydrogen) atoms. The minimum atomic E-state index is -0.232. The van der Waals surface area contributed by atoms with Crippen LogP contribution in [-0.4, -0.2) is 5.78 Å². The lowest BCUT2D eigenvalue weighted by molar-refractivity contribution is 0.103. The molecule has 1 aromatic carbocycles. The summed E-state index contributed by atoms with van der Waals surface area (Å²) in [4.78, 5) is 12.2. The third-order valence-electron chi connectivity index (χ3n) is 2.10. The van der Waals surface area contributed by atoms with Crippen LogP contribution >= 0.6 is 62.1 Å². The number of thiophene rings is 1. The second-order valence-corrected chi connectivity index (χ2v) is 6.69. The van der Waals surface area contributed by atoms with E-state index in [1.54, 1.807) is 24.3 Å². The minimum absolute atomic E-state index is 0.232. The Kier molecular flexibility index (Phi) is 4.16. The van der Waals surface area contributed by atoms with Gasteiger partial charge >= 0.3 is 0 Å². The van der Waals surface area contributed by atoms with Gasteiger partial charge in [-0.25, -0.2) is 0 Å². The second kappa shape index (κ2) is 5.29. The van der Waals surface area contributed by atoms with Gasteiger partial charge in [0.05, 0.1) is 14.9 Å². The number of carbonyl (C=O) groups is 1. The molecule has 0 atom stereocenters. The molecular formula is C11H4BrCl3OS. The summed E-state index contributed by atoms with van der Waals surface area (Å²) in [5.74, 6) is -0.232. The number of rotatable bonds is 2. The normalized spacial score (nSPS) is 10.6. The molecule has 0 saturated carbocycles. The van der Waals surface area contributed by atoms with Crippen LogP contribution in [0.5, 0.6) is 0 Å². The summed E-state index contributed by atoms with van der Waals surface area (Å²) in [6, 6.07) is 6.71. The van der Waals surface area contributed by atoms with Gasteiger partial charge in [0.15, 0.2) is 5.78 Å². The summed E-state index contributed by atoms with van der Waals surface area (Å²) >= 11 is 22.2. The van der Waals surface area contributed by atoms with Crippen molar-refractivity contribution in [2.45, 2.75) is 0 Å². The zero-order valence-corrected chi connectivity index (χ0v) is 12.8. The lowest BCUT2D eigenvalue weighted by Gasteiger charge is -2.03. The van der Waals surface area contributed by atoms with Crippen molar-refractivity contribution in [3.63, 3.8) is 0 Å². The zero-order chi connectivity index (χ0) is 12.6. The molecule has 6 heteroatoms. The largest absolute Gasteiger partial charge is 0.288 e. The topological polar surface area (TPSA) is 17.1 Å². The van der Waals surface area contributed by atoms with E-state index in [-0.39, 0.29) is 5.78 Å². The Balaban J connectivity index is 2.51. The SMILES string of the molecule is O=C(c1cc(Cl)sc1Cl)c1cccc(Br)c1Cl. The highest BCUT2D eigenvalue weighted by Gasteiger charge is 2.19. The summed E-state index contributed by atoms with van der Waals surface area (Å²) in [7, 11) is 0. The molecule has 0 aliphatic heterocycles. The third-order valence-corrected chi connectivity index (χ3v) is 4.88. The van der Waals surface area contributed by atoms with Gasteiger partial charge in [-0.15, -0.1) is 11.3 Å². The van der Waals surface area contributed by atoms with Crippen LogP contribution in [0.15, 0.2) is 28.7 Å². The number of hydrogen-bond donors (Lipinski definition) is 0. The summed E-state index contributed by atoms with van der Waals surface area (Å²) in [5.41, 5.74) is 0.777. The quantitative estimate of drug-likeness (QED) is 0.620. The summed E-state index contributed by atoms with van der Waals surface area (Å²) < 4.78 is 1.52. The maximum absolute atomic E-state index is 12.2. The van der Waals surface area contributed by atoms with Crippen LogP contribution in [0.3, 0.4) is 0 Å². The smallest absolute Gasteiger partial charge is 0.196 e. The van der Waals surface area contributed by atoms with Crippen LogP contribution < -0.4 is 0 Å². The highest BCUT2D eigenvalue weighted by molar-refractivity contribution is 9.10. The molecule has 1 aromatic heterocycles. The van der Waals surface area contributed by atoms with E-state index in [1.807, 2.05) is 0 Å². The maximum Gasteiger partial charge on any atom is 0.196 e. The molecule has 0 spiro atoms. The lowest BCUT2D eigenvalue weighted by atomic mass is 10.1. The number of carbonyl (C=O) groups excluding carboxylic acids is 1. The van der Waals surface area contributed by atoms with Crippen molar-refractivity contribution in [1.29, 1.82) is 0 Å². The number of ketones is 1. The van der Waals surface area contributed by atoms with Gasteiger partial charge in [-0.05, 0) is 34.1 Å². The highest BCUT2D eigenvalue weighted by Crippen LogP contribution is 2.35. The fourth-order valence-electron chi connectivity index (χ4n) is 1.32. The first-order chi connectivity index (χ1) is 8.00. The van der Waals surface area contributed by atoms with Gasteiger partial charge in [0.1, 0.15) is 4.34 Å². The van der Waals surface area contributed by atoms with Crippen molar-refractivity contribution in [2.24, 2.45) is 0 Å². The summed E-state index contributed by atoms with van der Waals surface area (Å²) in [5, 5.41) is 0.371. The Morgan fingerprint density at radius 1 is 1.18 bits per heavy atom. The molecule has 0 N–H and O–H groups in total. The first kappa shape index (κ1) is 13.4. The van der Waals surface area contributed by atoms with E-state index in [0.717, 1.165) is 11.3 Å². The van der Waals surface area contributed by atoms with Gasteiger partial charge in [-0.2, -0.15) is 0 Å². The molecule has 0 bridgehead atoms. The predicted molar refractivity (Wildman–Crippen MR) is 76.9 cm³/mol. The van der Waals surface area contributed by atoms with Crippen molar-refractivity contribution in [2.75, 3.05) is 0 Å². The molecule has 0 aliphatic rings. The van der Waals surface area contributed by atoms with Crippen LogP contribution in [0.1, 0.15) is 15.9 Å². The van der Waals surface area contributed by atoms with Crippen molar-refractivity contribution >= 4 is 67.9 Å². The number of halogens is 4. The Hall–Kier alpha value is -0.0600. The Morgan fingerprint density at radius 2 is 1.88 bits per heavy atom. The molecule has 0 aliphatic carbocycles. The van der Waals surface area contributed by atoms with E-state index in [2.05, 4.69) is 15.9 Å². The van der Waals surface area contributed by atoms with Crippen molar-refractivity contribution in [3.8, 4) is 0 Å². The van der Waals surface area contributed by atoms with Crippen molar-refractivity contribution in [3.05, 3.63) is 53.6 Å². The van der Waals surface area contributed by atoms with Crippen LogP contribution in [0.2, 0.25) is 13.7 Å². The van der Waals surface area contributed by atoms with Gasteiger partial charge in [0, 0.05) is 10.0 Å². The van der Waals surface area contributed by atoms with Crippen molar-refractivity contribution < 1.29 is 4.79 Å². The monoisotopic (exact) mass is 368 g/mol. The molecule has 0 fully saturated rings. The maximum atomic E-state index is 12.2. The van der Waals surface area contributed by atoms with E-state index < -0.39 is 0 Å². The van der Waals surface area contributed by atoms with Gasteiger partial charge < -0.3 is 0 Å². The first-order valence-electron chi connectivity index (χ1n) is 4.44. The van der Waals surface area contributed by atoms with E-state index in [4.69, 9.17) is 34.8 Å². The predicted octanol–water partition coefficient (Wildman–Crippen LogP) is 5.70. The van der Waals surface area contributed by atoms with Crippen LogP contribution in [0, 0.1) is 0 Å². The minimum Gasteiger partial charge on any atom is -0.288 e. The van der Waals surface area contributed by atoms with E-state index in [0.29, 0.717) is 29.3 Å². The molecule has 88 valence electrons. The number of hydrogen-bond acceptors (Lipinski definition) is 2. The first-order valence-corrected chi connectivity index (χ1v) is 7.18. The third kappa shape index (κ3) is 2.69. The van der Waals surface area contributed by atoms with Crippen molar-refractivity contribution in [1.82, 2.24) is 0 Å². The fraction of sp³-hybridized carbons (Fsp3) is 0. The molecule has 1 nitrogen and oxygen atoms in total. The van der Waals surface area contributed by atoms with E-state index in [9.17, 15) is 4.79 Å². The van der Waals surface area contributed by atoms with Gasteiger partial charge in [-0.3, -0.25) is 4.79 Å². The summed E-state index contributed by atoms with van der Waals surface area (Å²) in [6.07, 6.45) is 0.